The number of hydrogen-bond acceptors (Lipinski definition) is 4. The van der Waals surface area contributed by atoms with Crippen LogP contribution in [-0.2, 0) is 9.53 Å². The topological polar surface area (TPSA) is 66.8 Å². The number of carbonyl (C=O) groups excluding carboxylic acids is 1. The molecule has 0 spiro atoms. The van der Waals surface area contributed by atoms with Crippen molar-refractivity contribution in [3.63, 3.8) is 0 Å². The molecule has 0 radical (unpaired) electrons. The predicted molar refractivity (Wildman–Crippen MR) is 136 cm³/mol. The first kappa shape index (κ1) is 26.5. The van der Waals surface area contributed by atoms with Gasteiger partial charge in [-0.15, -0.1) is 0 Å². The zero-order valence-corrected chi connectivity index (χ0v) is 23.0. The van der Waals surface area contributed by atoms with E-state index < -0.39 is 11.2 Å². The summed E-state index contributed by atoms with van der Waals surface area (Å²) in [6.45, 7) is 14.8. The Bertz CT molecular complexity index is 753. The van der Waals surface area contributed by atoms with Crippen LogP contribution in [0.5, 0.6) is 0 Å². The van der Waals surface area contributed by atoms with E-state index in [1.54, 1.807) is 0 Å². The number of ether oxygens (including phenoxy) is 1. The predicted octanol–water partition coefficient (Wildman–Crippen LogP) is 6.52. The van der Waals surface area contributed by atoms with Gasteiger partial charge in [0.2, 0.25) is 0 Å². The minimum atomic E-state index is -0.933. The number of aliphatic hydroxyl groups is 2. The maximum absolute atomic E-state index is 11.7. The quantitative estimate of drug-likeness (QED) is 0.429. The Morgan fingerprint density at radius 1 is 1.00 bits per heavy atom. The molecule has 4 aliphatic carbocycles. The van der Waals surface area contributed by atoms with Crippen molar-refractivity contribution in [1.82, 2.24) is 0 Å². The van der Waals surface area contributed by atoms with Crippen molar-refractivity contribution in [3.05, 3.63) is 0 Å². The van der Waals surface area contributed by atoms with Crippen molar-refractivity contribution >= 4 is 5.97 Å². The lowest BCUT2D eigenvalue weighted by Gasteiger charge is -2.64. The van der Waals surface area contributed by atoms with Crippen LogP contribution in [0, 0.1) is 46.3 Å². The fourth-order valence-electron chi connectivity index (χ4n) is 10.1. The van der Waals surface area contributed by atoms with Crippen LogP contribution in [0.2, 0.25) is 0 Å². The summed E-state index contributed by atoms with van der Waals surface area (Å²) < 4.78 is 5.61. The molecule has 196 valence electrons. The van der Waals surface area contributed by atoms with E-state index >= 15 is 0 Å². The summed E-state index contributed by atoms with van der Waals surface area (Å²) in [5.74, 6) is 3.72. The highest BCUT2D eigenvalue weighted by molar-refractivity contribution is 5.66. The molecule has 4 nitrogen and oxygen atoms in total. The lowest BCUT2D eigenvalue weighted by atomic mass is 9.42. The van der Waals surface area contributed by atoms with Gasteiger partial charge in [-0.1, -0.05) is 33.6 Å². The van der Waals surface area contributed by atoms with Crippen LogP contribution >= 0.6 is 0 Å². The third-order valence-electron chi connectivity index (χ3n) is 11.7. The largest absolute Gasteiger partial charge is 0.459 e. The molecule has 0 aromatic carbocycles. The number of fused-ring (bicyclic) bond motifs is 5. The van der Waals surface area contributed by atoms with E-state index in [0.717, 1.165) is 55.8 Å². The third-order valence-corrected chi connectivity index (χ3v) is 11.7. The smallest absolute Gasteiger partial charge is 0.303 e. The van der Waals surface area contributed by atoms with Crippen molar-refractivity contribution in [1.29, 1.82) is 0 Å². The van der Waals surface area contributed by atoms with Crippen LogP contribution in [0.3, 0.4) is 0 Å². The van der Waals surface area contributed by atoms with Crippen molar-refractivity contribution in [2.24, 2.45) is 46.3 Å². The van der Waals surface area contributed by atoms with Crippen LogP contribution in [0.4, 0.5) is 0 Å². The average Bonchev–Trinajstić information content (AvgIpc) is 3.06. The summed E-state index contributed by atoms with van der Waals surface area (Å²) in [7, 11) is 0. The monoisotopic (exact) mass is 476 g/mol. The molecule has 34 heavy (non-hydrogen) atoms. The molecule has 0 aliphatic heterocycles. The van der Waals surface area contributed by atoms with Gasteiger partial charge in [-0.3, -0.25) is 4.79 Å². The molecule has 2 N–H and O–H groups in total. The van der Waals surface area contributed by atoms with Crippen molar-refractivity contribution in [2.75, 3.05) is 0 Å². The number of rotatable bonds is 6. The molecule has 4 rings (SSSR count). The van der Waals surface area contributed by atoms with Gasteiger partial charge in [-0.2, -0.15) is 0 Å². The third kappa shape index (κ3) is 4.49. The highest BCUT2D eigenvalue weighted by atomic mass is 16.6. The van der Waals surface area contributed by atoms with Crippen molar-refractivity contribution < 1.29 is 19.7 Å². The number of carbonyl (C=O) groups is 1. The maximum Gasteiger partial charge on any atom is 0.303 e. The van der Waals surface area contributed by atoms with Crippen molar-refractivity contribution in [3.8, 4) is 0 Å². The normalized spacial score (nSPS) is 47.3. The molecule has 1 unspecified atom stereocenters. The molecule has 0 saturated heterocycles. The molecule has 0 amide bonds. The fourth-order valence-corrected chi connectivity index (χ4v) is 10.1. The molecule has 4 heteroatoms. The molecule has 10 atom stereocenters. The zero-order chi connectivity index (χ0) is 25.1. The van der Waals surface area contributed by atoms with Crippen LogP contribution in [0.1, 0.15) is 119 Å². The summed E-state index contributed by atoms with van der Waals surface area (Å²) in [4.78, 5) is 11.7. The average molecular weight is 477 g/mol. The lowest BCUT2D eigenvalue weighted by Crippen LogP contribution is -2.63. The van der Waals surface area contributed by atoms with E-state index in [2.05, 4.69) is 20.8 Å². The Morgan fingerprint density at radius 3 is 2.29 bits per heavy atom. The van der Waals surface area contributed by atoms with Gasteiger partial charge in [0.15, 0.2) is 0 Å². The van der Waals surface area contributed by atoms with Gasteiger partial charge in [0.25, 0.3) is 0 Å². The SMILES string of the molecule is CC(=O)O[C@H]1CC[C@]2(C)[C@H]3CC[C@]4(C)[C@@H]([C@H](C)CCCC(C)(C)O)CC[C@H]4[C@@H]3CC[C@H]2C1(C)O. The van der Waals surface area contributed by atoms with Crippen molar-refractivity contribution in [2.45, 2.75) is 136 Å². The summed E-state index contributed by atoms with van der Waals surface area (Å²) in [5.41, 5.74) is -0.905. The second kappa shape index (κ2) is 9.05. The van der Waals surface area contributed by atoms with Gasteiger partial charge < -0.3 is 14.9 Å². The standard InChI is InChI=1S/C30H52O4/c1-19(9-8-16-27(3,4)32)22-11-12-23-21-10-13-25-29(6,24(21)14-17-28(22,23)5)18-15-26(30(25,7)33)34-20(2)31/h19,21-26,32-33H,8-18H2,1-7H3/t19-,21+,22-,23+,24+,25-,26+,28-,29-,30?/m1/s1. The Hall–Kier alpha value is -0.610. The molecular formula is C30H52O4. The van der Waals surface area contributed by atoms with Gasteiger partial charge in [0.05, 0.1) is 5.60 Å². The second-order valence-electron chi connectivity index (χ2n) is 14.3. The van der Waals surface area contributed by atoms with Gasteiger partial charge in [-0.05, 0) is 125 Å². The number of esters is 1. The summed E-state index contributed by atoms with van der Waals surface area (Å²) in [6.07, 6.45) is 12.3. The Kier molecular flexibility index (Phi) is 7.04. The minimum Gasteiger partial charge on any atom is -0.459 e. The highest BCUT2D eigenvalue weighted by Crippen LogP contribution is 2.69. The Labute approximate surface area is 208 Å². The molecular weight excluding hydrogens is 424 g/mol. The van der Waals surface area contributed by atoms with Gasteiger partial charge in [0.1, 0.15) is 11.7 Å². The van der Waals surface area contributed by atoms with Crippen LogP contribution < -0.4 is 0 Å². The molecule has 0 heterocycles. The molecule has 0 bridgehead atoms. The van der Waals surface area contributed by atoms with Crippen LogP contribution in [0.25, 0.3) is 0 Å². The summed E-state index contributed by atoms with van der Waals surface area (Å²) >= 11 is 0. The van der Waals surface area contributed by atoms with Gasteiger partial charge in [0, 0.05) is 6.92 Å². The van der Waals surface area contributed by atoms with E-state index in [0.29, 0.717) is 11.3 Å². The van der Waals surface area contributed by atoms with E-state index in [9.17, 15) is 15.0 Å². The fraction of sp³-hybridized carbons (Fsp3) is 0.967. The van der Waals surface area contributed by atoms with E-state index in [1.165, 1.54) is 45.4 Å². The minimum absolute atomic E-state index is 0.140. The first-order chi connectivity index (χ1) is 15.7. The first-order valence-corrected chi connectivity index (χ1v) is 14.3. The molecule has 0 aromatic heterocycles. The van der Waals surface area contributed by atoms with E-state index in [4.69, 9.17) is 4.74 Å². The summed E-state index contributed by atoms with van der Waals surface area (Å²) in [5, 5.41) is 21.8. The van der Waals surface area contributed by atoms with Crippen LogP contribution in [-0.4, -0.2) is 33.5 Å². The zero-order valence-electron chi connectivity index (χ0n) is 23.0. The molecule has 4 saturated carbocycles. The Balaban J connectivity index is 1.48. The molecule has 4 aliphatic rings. The molecule has 4 fully saturated rings. The Morgan fingerprint density at radius 2 is 1.65 bits per heavy atom. The second-order valence-corrected chi connectivity index (χ2v) is 14.3. The summed E-state index contributed by atoms with van der Waals surface area (Å²) in [6, 6.07) is 0. The highest BCUT2D eigenvalue weighted by Gasteiger charge is 2.64. The van der Waals surface area contributed by atoms with E-state index in [1.807, 2.05) is 20.8 Å². The number of hydrogen-bond donors (Lipinski definition) is 2. The lowest BCUT2D eigenvalue weighted by molar-refractivity contribution is -0.227. The maximum atomic E-state index is 11.7. The van der Waals surface area contributed by atoms with Crippen LogP contribution in [0.15, 0.2) is 0 Å². The molecule has 0 aromatic rings. The first-order valence-electron chi connectivity index (χ1n) is 14.3. The van der Waals surface area contributed by atoms with Gasteiger partial charge >= 0.3 is 5.97 Å². The van der Waals surface area contributed by atoms with Gasteiger partial charge in [-0.25, -0.2) is 0 Å². The van der Waals surface area contributed by atoms with E-state index in [-0.39, 0.29) is 23.4 Å².